The third-order valence-electron chi connectivity index (χ3n) is 2.76. The minimum absolute atomic E-state index is 0.732. The topological polar surface area (TPSA) is 0 Å². The van der Waals surface area contributed by atoms with Gasteiger partial charge in [-0.15, -0.1) is 0 Å². The number of halogens is 1. The van der Waals surface area contributed by atoms with Crippen molar-refractivity contribution < 1.29 is 0 Å². The quantitative estimate of drug-likeness (QED) is 0.613. The van der Waals surface area contributed by atoms with Gasteiger partial charge in [-0.2, -0.15) is 0 Å². The molecular weight excluding hydrogens is 188 g/mol. The minimum atomic E-state index is 0.732. The summed E-state index contributed by atoms with van der Waals surface area (Å²) < 4.78 is 0. The van der Waals surface area contributed by atoms with Gasteiger partial charge in [0.1, 0.15) is 0 Å². The van der Waals surface area contributed by atoms with Crippen LogP contribution in [0.3, 0.4) is 0 Å². The van der Waals surface area contributed by atoms with E-state index in [0.29, 0.717) is 0 Å². The first-order valence-electron chi connectivity index (χ1n) is 4.39. The lowest BCUT2D eigenvalue weighted by Gasteiger charge is -2.40. The number of alkyl halides is 1. The molecule has 0 saturated heterocycles. The Morgan fingerprint density at radius 3 is 2.40 bits per heavy atom. The second-order valence-electron chi connectivity index (χ2n) is 3.59. The van der Waals surface area contributed by atoms with E-state index >= 15 is 0 Å². The SMILES string of the molecule is CCCCC1(CBr)CCC1. The normalized spacial score (nSPS) is 22.2. The molecule has 0 amide bonds. The van der Waals surface area contributed by atoms with E-state index in [1.807, 2.05) is 0 Å². The first kappa shape index (κ1) is 8.58. The highest BCUT2D eigenvalue weighted by Crippen LogP contribution is 2.46. The van der Waals surface area contributed by atoms with Gasteiger partial charge >= 0.3 is 0 Å². The fraction of sp³-hybridized carbons (Fsp3) is 1.00. The molecule has 0 heterocycles. The first-order chi connectivity index (χ1) is 4.83. The number of rotatable bonds is 4. The Morgan fingerprint density at radius 2 is 2.10 bits per heavy atom. The van der Waals surface area contributed by atoms with Crippen molar-refractivity contribution in [2.75, 3.05) is 5.33 Å². The summed E-state index contributed by atoms with van der Waals surface area (Å²) in [5.74, 6) is 0. The molecule has 0 aromatic carbocycles. The van der Waals surface area contributed by atoms with E-state index in [2.05, 4.69) is 22.9 Å². The van der Waals surface area contributed by atoms with Crippen molar-refractivity contribution in [3.8, 4) is 0 Å². The van der Waals surface area contributed by atoms with Gasteiger partial charge in [-0.3, -0.25) is 0 Å². The standard InChI is InChI=1S/C9H17Br/c1-2-3-5-9(8-10)6-4-7-9/h2-8H2,1H3. The molecule has 10 heavy (non-hydrogen) atoms. The molecular formula is C9H17Br. The van der Waals surface area contributed by atoms with Crippen LogP contribution in [0.5, 0.6) is 0 Å². The summed E-state index contributed by atoms with van der Waals surface area (Å²) in [6.45, 7) is 2.28. The van der Waals surface area contributed by atoms with Crippen molar-refractivity contribution in [1.82, 2.24) is 0 Å². The molecule has 0 spiro atoms. The van der Waals surface area contributed by atoms with Crippen molar-refractivity contribution >= 4 is 15.9 Å². The minimum Gasteiger partial charge on any atom is -0.0922 e. The van der Waals surface area contributed by atoms with E-state index in [0.717, 1.165) is 5.41 Å². The summed E-state index contributed by atoms with van der Waals surface area (Å²) in [6.07, 6.45) is 8.64. The number of hydrogen-bond acceptors (Lipinski definition) is 0. The molecule has 1 heteroatoms. The maximum Gasteiger partial charge on any atom is 0.00879 e. The Balaban J connectivity index is 2.20. The molecule has 0 N–H and O–H groups in total. The average molecular weight is 205 g/mol. The lowest BCUT2D eigenvalue weighted by Crippen LogP contribution is -2.30. The zero-order chi connectivity index (χ0) is 7.45. The Bertz CT molecular complexity index is 89.4. The Morgan fingerprint density at radius 1 is 1.40 bits per heavy atom. The molecule has 1 saturated carbocycles. The molecule has 0 bridgehead atoms. The van der Waals surface area contributed by atoms with Crippen LogP contribution in [0.4, 0.5) is 0 Å². The Kier molecular flexibility index (Phi) is 3.22. The summed E-state index contributed by atoms with van der Waals surface area (Å²) in [4.78, 5) is 0. The lowest BCUT2D eigenvalue weighted by atomic mass is 9.67. The Labute approximate surface area is 72.5 Å². The van der Waals surface area contributed by atoms with Gasteiger partial charge in [0.2, 0.25) is 0 Å². The summed E-state index contributed by atoms with van der Waals surface area (Å²) >= 11 is 3.61. The van der Waals surface area contributed by atoms with E-state index in [1.165, 1.54) is 43.9 Å². The van der Waals surface area contributed by atoms with Crippen molar-refractivity contribution in [1.29, 1.82) is 0 Å². The van der Waals surface area contributed by atoms with Crippen molar-refractivity contribution in [3.63, 3.8) is 0 Å². The van der Waals surface area contributed by atoms with Crippen LogP contribution < -0.4 is 0 Å². The van der Waals surface area contributed by atoms with Gasteiger partial charge in [0.05, 0.1) is 0 Å². The fourth-order valence-corrected chi connectivity index (χ4v) is 2.52. The van der Waals surface area contributed by atoms with Crippen molar-refractivity contribution in [3.05, 3.63) is 0 Å². The van der Waals surface area contributed by atoms with Crippen LogP contribution in [0.25, 0.3) is 0 Å². The van der Waals surface area contributed by atoms with E-state index in [-0.39, 0.29) is 0 Å². The second-order valence-corrected chi connectivity index (χ2v) is 4.15. The van der Waals surface area contributed by atoms with E-state index < -0.39 is 0 Å². The maximum atomic E-state index is 3.61. The smallest absolute Gasteiger partial charge is 0.00879 e. The predicted molar refractivity (Wildman–Crippen MR) is 49.6 cm³/mol. The average Bonchev–Trinajstić information content (AvgIpc) is 1.87. The van der Waals surface area contributed by atoms with Gasteiger partial charge in [0, 0.05) is 5.33 Å². The molecule has 0 nitrogen and oxygen atoms in total. The molecule has 60 valence electrons. The highest BCUT2D eigenvalue weighted by atomic mass is 79.9. The zero-order valence-corrected chi connectivity index (χ0v) is 8.41. The highest BCUT2D eigenvalue weighted by molar-refractivity contribution is 9.09. The molecule has 1 aliphatic rings. The van der Waals surface area contributed by atoms with Crippen LogP contribution in [0.2, 0.25) is 0 Å². The predicted octanol–water partition coefficient (Wildman–Crippen LogP) is 3.74. The van der Waals surface area contributed by atoms with Gasteiger partial charge in [-0.25, -0.2) is 0 Å². The summed E-state index contributed by atoms with van der Waals surface area (Å²) in [6, 6.07) is 0. The molecule has 0 unspecified atom stereocenters. The molecule has 1 aliphatic carbocycles. The van der Waals surface area contributed by atoms with Gasteiger partial charge < -0.3 is 0 Å². The van der Waals surface area contributed by atoms with Crippen LogP contribution in [0, 0.1) is 5.41 Å². The van der Waals surface area contributed by atoms with Gasteiger partial charge in [-0.1, -0.05) is 42.1 Å². The molecule has 0 atom stereocenters. The third kappa shape index (κ3) is 1.75. The van der Waals surface area contributed by atoms with Crippen LogP contribution in [0.1, 0.15) is 45.4 Å². The zero-order valence-electron chi connectivity index (χ0n) is 6.83. The summed E-state index contributed by atoms with van der Waals surface area (Å²) in [5, 5.41) is 1.24. The van der Waals surface area contributed by atoms with Gasteiger partial charge in [-0.05, 0) is 24.7 Å². The second kappa shape index (κ2) is 3.75. The van der Waals surface area contributed by atoms with Gasteiger partial charge in [0.25, 0.3) is 0 Å². The van der Waals surface area contributed by atoms with E-state index in [1.54, 1.807) is 0 Å². The third-order valence-corrected chi connectivity index (χ3v) is 3.95. The maximum absolute atomic E-state index is 3.61. The molecule has 1 fully saturated rings. The Hall–Kier alpha value is 0.480. The lowest BCUT2D eigenvalue weighted by molar-refractivity contribution is 0.151. The van der Waals surface area contributed by atoms with Crippen LogP contribution in [0.15, 0.2) is 0 Å². The first-order valence-corrected chi connectivity index (χ1v) is 5.51. The van der Waals surface area contributed by atoms with Crippen molar-refractivity contribution in [2.24, 2.45) is 5.41 Å². The summed E-state index contributed by atoms with van der Waals surface area (Å²) in [5.41, 5.74) is 0.732. The molecule has 0 aromatic heterocycles. The number of unbranched alkanes of at least 4 members (excludes halogenated alkanes) is 1. The largest absolute Gasteiger partial charge is 0.0922 e. The van der Waals surface area contributed by atoms with E-state index in [4.69, 9.17) is 0 Å². The van der Waals surface area contributed by atoms with E-state index in [9.17, 15) is 0 Å². The fourth-order valence-electron chi connectivity index (χ4n) is 1.68. The van der Waals surface area contributed by atoms with Crippen LogP contribution >= 0.6 is 15.9 Å². The van der Waals surface area contributed by atoms with Crippen LogP contribution in [-0.2, 0) is 0 Å². The highest BCUT2D eigenvalue weighted by Gasteiger charge is 2.34. The van der Waals surface area contributed by atoms with Crippen LogP contribution in [-0.4, -0.2) is 5.33 Å². The summed E-state index contributed by atoms with van der Waals surface area (Å²) in [7, 11) is 0. The molecule has 0 radical (unpaired) electrons. The molecule has 1 rings (SSSR count). The number of hydrogen-bond donors (Lipinski definition) is 0. The molecule has 0 aromatic rings. The van der Waals surface area contributed by atoms with Crippen molar-refractivity contribution in [2.45, 2.75) is 45.4 Å². The van der Waals surface area contributed by atoms with Gasteiger partial charge in [0.15, 0.2) is 0 Å². The monoisotopic (exact) mass is 204 g/mol. The molecule has 0 aliphatic heterocycles.